The Morgan fingerprint density at radius 2 is 1.93 bits per heavy atom. The largest absolute Gasteiger partial charge is 0.368 e. The maximum absolute atomic E-state index is 13.2. The van der Waals surface area contributed by atoms with Crippen LogP contribution >= 0.6 is 0 Å². The van der Waals surface area contributed by atoms with Crippen LogP contribution in [0.15, 0.2) is 0 Å². The average molecular weight is 379 g/mol. The molecule has 4 rings (SSSR count). The number of amides is 2. The van der Waals surface area contributed by atoms with Crippen molar-refractivity contribution in [1.29, 1.82) is 0 Å². The van der Waals surface area contributed by atoms with Gasteiger partial charge in [0.1, 0.15) is 6.10 Å². The molecule has 0 bridgehead atoms. The molecule has 5 unspecified atom stereocenters. The van der Waals surface area contributed by atoms with E-state index in [0.717, 1.165) is 45.3 Å². The van der Waals surface area contributed by atoms with Gasteiger partial charge < -0.3 is 14.5 Å². The fourth-order valence-corrected chi connectivity index (χ4v) is 5.83. The van der Waals surface area contributed by atoms with Crippen LogP contribution in [-0.2, 0) is 14.3 Å². The van der Waals surface area contributed by atoms with Crippen LogP contribution in [0, 0.1) is 5.92 Å². The SMILES string of the molecule is CC(=O)N1C2CCC(C3CN(C)CN3)CC2N(C(=O)C2CCCO2)C[C@@H]1C. The first-order valence-corrected chi connectivity index (χ1v) is 10.6. The molecule has 3 saturated heterocycles. The molecule has 27 heavy (non-hydrogen) atoms. The second-order valence-corrected chi connectivity index (χ2v) is 8.98. The predicted octanol–water partition coefficient (Wildman–Crippen LogP) is 0.643. The number of rotatable bonds is 2. The van der Waals surface area contributed by atoms with Gasteiger partial charge in [-0.3, -0.25) is 19.8 Å². The third-order valence-electron chi connectivity index (χ3n) is 7.07. The van der Waals surface area contributed by atoms with Gasteiger partial charge in [-0.2, -0.15) is 0 Å². The van der Waals surface area contributed by atoms with Gasteiger partial charge in [0.25, 0.3) is 5.91 Å². The van der Waals surface area contributed by atoms with Crippen LogP contribution in [0.2, 0.25) is 0 Å². The molecule has 7 heteroatoms. The van der Waals surface area contributed by atoms with E-state index in [9.17, 15) is 9.59 Å². The first-order chi connectivity index (χ1) is 13.0. The van der Waals surface area contributed by atoms with Gasteiger partial charge in [0.15, 0.2) is 0 Å². The minimum Gasteiger partial charge on any atom is -0.368 e. The number of nitrogens with one attached hydrogen (secondary N) is 1. The van der Waals surface area contributed by atoms with Crippen molar-refractivity contribution in [3.8, 4) is 0 Å². The van der Waals surface area contributed by atoms with Gasteiger partial charge in [-0.25, -0.2) is 0 Å². The number of fused-ring (bicyclic) bond motifs is 1. The first-order valence-electron chi connectivity index (χ1n) is 10.6. The Balaban J connectivity index is 1.55. The van der Waals surface area contributed by atoms with Crippen molar-refractivity contribution in [2.45, 2.75) is 76.2 Å². The molecular weight excluding hydrogens is 344 g/mol. The fourth-order valence-electron chi connectivity index (χ4n) is 5.83. The number of hydrogen-bond donors (Lipinski definition) is 1. The molecule has 0 radical (unpaired) electrons. The lowest BCUT2D eigenvalue weighted by Gasteiger charge is -2.54. The van der Waals surface area contributed by atoms with Crippen molar-refractivity contribution in [3.63, 3.8) is 0 Å². The molecule has 0 aromatic rings. The van der Waals surface area contributed by atoms with Gasteiger partial charge in [-0.1, -0.05) is 0 Å². The fraction of sp³-hybridized carbons (Fsp3) is 0.900. The van der Waals surface area contributed by atoms with Gasteiger partial charge in [-0.05, 0) is 52.0 Å². The third-order valence-corrected chi connectivity index (χ3v) is 7.07. The first kappa shape index (κ1) is 19.2. The van der Waals surface area contributed by atoms with E-state index < -0.39 is 0 Å². The van der Waals surface area contributed by atoms with Crippen molar-refractivity contribution in [3.05, 3.63) is 0 Å². The molecule has 0 aromatic heterocycles. The van der Waals surface area contributed by atoms with E-state index in [1.165, 1.54) is 0 Å². The monoisotopic (exact) mass is 378 g/mol. The summed E-state index contributed by atoms with van der Waals surface area (Å²) in [6.45, 7) is 7.06. The normalized spacial score (nSPS) is 40.3. The lowest BCUT2D eigenvalue weighted by Crippen LogP contribution is -2.68. The number of hydrogen-bond acceptors (Lipinski definition) is 5. The highest BCUT2D eigenvalue weighted by Crippen LogP contribution is 2.38. The molecule has 4 aliphatic rings. The Bertz CT molecular complexity index is 580. The number of carbonyl (C=O) groups is 2. The molecule has 2 amide bonds. The van der Waals surface area contributed by atoms with Crippen molar-refractivity contribution in [2.24, 2.45) is 5.92 Å². The van der Waals surface area contributed by atoms with Crippen LogP contribution in [0.5, 0.6) is 0 Å². The molecule has 0 spiro atoms. The molecule has 3 heterocycles. The predicted molar refractivity (Wildman–Crippen MR) is 102 cm³/mol. The van der Waals surface area contributed by atoms with Crippen molar-refractivity contribution >= 4 is 11.8 Å². The number of piperazine rings is 1. The highest BCUT2D eigenvalue weighted by Gasteiger charge is 2.48. The summed E-state index contributed by atoms with van der Waals surface area (Å²) in [5.41, 5.74) is 0. The number of carbonyl (C=O) groups excluding carboxylic acids is 2. The summed E-state index contributed by atoms with van der Waals surface area (Å²) in [5.74, 6) is 0.840. The number of ether oxygens (including phenoxy) is 1. The molecule has 1 aliphatic carbocycles. The summed E-state index contributed by atoms with van der Waals surface area (Å²) in [6, 6.07) is 0.822. The summed E-state index contributed by atoms with van der Waals surface area (Å²) in [4.78, 5) is 32.0. The van der Waals surface area contributed by atoms with Gasteiger partial charge in [0.2, 0.25) is 5.91 Å². The molecular formula is C20H34N4O3. The third kappa shape index (κ3) is 3.61. The zero-order valence-corrected chi connectivity index (χ0v) is 16.9. The topological polar surface area (TPSA) is 65.1 Å². The summed E-state index contributed by atoms with van der Waals surface area (Å²) < 4.78 is 5.71. The Morgan fingerprint density at radius 1 is 1.11 bits per heavy atom. The van der Waals surface area contributed by atoms with Gasteiger partial charge >= 0.3 is 0 Å². The maximum atomic E-state index is 13.2. The summed E-state index contributed by atoms with van der Waals surface area (Å²) in [5, 5.41) is 3.63. The number of nitrogens with zero attached hydrogens (tertiary/aromatic N) is 3. The molecule has 4 fully saturated rings. The van der Waals surface area contributed by atoms with Gasteiger partial charge in [0.05, 0.1) is 12.1 Å². The second-order valence-electron chi connectivity index (χ2n) is 8.98. The van der Waals surface area contributed by atoms with Crippen molar-refractivity contribution < 1.29 is 14.3 Å². The lowest BCUT2D eigenvalue weighted by molar-refractivity contribution is -0.160. The molecule has 0 aromatic carbocycles. The van der Waals surface area contributed by atoms with E-state index in [-0.39, 0.29) is 36.0 Å². The van der Waals surface area contributed by atoms with E-state index in [4.69, 9.17) is 4.74 Å². The minimum absolute atomic E-state index is 0.0707. The van der Waals surface area contributed by atoms with Crippen molar-refractivity contribution in [2.75, 3.05) is 33.4 Å². The summed E-state index contributed by atoms with van der Waals surface area (Å²) in [6.07, 6.45) is 4.59. The van der Waals surface area contributed by atoms with E-state index >= 15 is 0 Å². The van der Waals surface area contributed by atoms with E-state index in [1.807, 2.05) is 4.90 Å². The quantitative estimate of drug-likeness (QED) is 0.764. The van der Waals surface area contributed by atoms with Crippen LogP contribution in [0.1, 0.15) is 46.0 Å². The summed E-state index contributed by atoms with van der Waals surface area (Å²) >= 11 is 0. The van der Waals surface area contributed by atoms with Crippen molar-refractivity contribution in [1.82, 2.24) is 20.0 Å². The second kappa shape index (κ2) is 7.68. The smallest absolute Gasteiger partial charge is 0.252 e. The Morgan fingerprint density at radius 3 is 2.56 bits per heavy atom. The highest BCUT2D eigenvalue weighted by atomic mass is 16.5. The van der Waals surface area contributed by atoms with E-state index in [0.29, 0.717) is 25.1 Å². The minimum atomic E-state index is -0.280. The van der Waals surface area contributed by atoms with E-state index in [2.05, 4.69) is 29.1 Å². The van der Waals surface area contributed by atoms with Crippen LogP contribution in [-0.4, -0.2) is 90.2 Å². The Kier molecular flexibility index (Phi) is 5.45. The molecule has 152 valence electrons. The van der Waals surface area contributed by atoms with Crippen LogP contribution in [0.25, 0.3) is 0 Å². The lowest BCUT2D eigenvalue weighted by atomic mass is 9.75. The van der Waals surface area contributed by atoms with Crippen LogP contribution < -0.4 is 5.32 Å². The molecule has 7 nitrogen and oxygen atoms in total. The molecule has 6 atom stereocenters. The Labute approximate surface area is 162 Å². The van der Waals surface area contributed by atoms with Crippen LogP contribution in [0.4, 0.5) is 0 Å². The zero-order chi connectivity index (χ0) is 19.1. The van der Waals surface area contributed by atoms with E-state index in [1.54, 1.807) is 6.92 Å². The highest BCUT2D eigenvalue weighted by molar-refractivity contribution is 5.82. The Hall–Kier alpha value is -1.18. The van der Waals surface area contributed by atoms with Gasteiger partial charge in [0, 0.05) is 45.4 Å². The maximum Gasteiger partial charge on any atom is 0.252 e. The standard InChI is InChI=1S/C20H34N4O3/c1-13-10-23(20(26)19-5-4-8-27-19)18-9-15(16-11-22(3)12-21-16)6-7-17(18)24(13)14(2)25/h13,15-19,21H,4-12H2,1-3H3/t13-,15?,16?,17?,18?,19?/m0/s1. The summed E-state index contributed by atoms with van der Waals surface area (Å²) in [7, 11) is 2.14. The van der Waals surface area contributed by atoms with Crippen LogP contribution in [0.3, 0.4) is 0 Å². The molecule has 1 saturated carbocycles. The van der Waals surface area contributed by atoms with Gasteiger partial charge in [-0.15, -0.1) is 0 Å². The zero-order valence-electron chi connectivity index (χ0n) is 16.9. The molecule has 3 aliphatic heterocycles. The number of likely N-dealkylation sites (N-methyl/N-ethyl adjacent to an activating group) is 1. The average Bonchev–Trinajstić information content (AvgIpc) is 3.31. The molecule has 1 N–H and O–H groups in total.